The lowest BCUT2D eigenvalue weighted by Crippen LogP contribution is -2.39. The SMILES string of the molecule is COc1cccc(C(=O)N2CCCC(c3[nH]ccc3C(N)=O)C2)c1OC. The maximum absolute atomic E-state index is 13.1. The molecular formula is C19H23N3O4. The Kier molecular flexibility index (Phi) is 5.16. The minimum Gasteiger partial charge on any atom is -0.493 e. The first-order valence-corrected chi connectivity index (χ1v) is 8.54. The van der Waals surface area contributed by atoms with Crippen LogP contribution in [0.5, 0.6) is 11.5 Å². The molecule has 2 aromatic rings. The van der Waals surface area contributed by atoms with Crippen LogP contribution in [0.25, 0.3) is 0 Å². The molecule has 1 unspecified atom stereocenters. The third-order valence-electron chi connectivity index (χ3n) is 4.79. The summed E-state index contributed by atoms with van der Waals surface area (Å²) < 4.78 is 10.7. The number of methoxy groups -OCH3 is 2. The predicted molar refractivity (Wildman–Crippen MR) is 96.7 cm³/mol. The number of aromatic amines is 1. The summed E-state index contributed by atoms with van der Waals surface area (Å²) in [5.74, 6) is 0.422. The van der Waals surface area contributed by atoms with Crippen LogP contribution in [0, 0.1) is 0 Å². The Morgan fingerprint density at radius 3 is 2.69 bits per heavy atom. The Hall–Kier alpha value is -2.96. The molecule has 2 heterocycles. The topological polar surface area (TPSA) is 97.6 Å². The molecule has 1 aliphatic rings. The molecule has 0 bridgehead atoms. The van der Waals surface area contributed by atoms with Gasteiger partial charge < -0.3 is 25.1 Å². The summed E-state index contributed by atoms with van der Waals surface area (Å²) in [5.41, 5.74) is 7.21. The first kappa shape index (κ1) is 17.8. The predicted octanol–water partition coefficient (Wildman–Crippen LogP) is 2.15. The Labute approximate surface area is 152 Å². The van der Waals surface area contributed by atoms with Gasteiger partial charge in [-0.1, -0.05) is 6.07 Å². The van der Waals surface area contributed by atoms with Crippen LogP contribution in [0.1, 0.15) is 45.2 Å². The zero-order valence-corrected chi connectivity index (χ0v) is 15.0. The molecule has 3 rings (SSSR count). The van der Waals surface area contributed by atoms with E-state index in [0.717, 1.165) is 18.5 Å². The fourth-order valence-electron chi connectivity index (χ4n) is 3.56. The number of carbonyl (C=O) groups is 2. The van der Waals surface area contributed by atoms with E-state index < -0.39 is 5.91 Å². The third-order valence-corrected chi connectivity index (χ3v) is 4.79. The second-order valence-corrected chi connectivity index (χ2v) is 6.30. The van der Waals surface area contributed by atoms with Crippen LogP contribution < -0.4 is 15.2 Å². The number of ether oxygens (including phenoxy) is 2. The summed E-state index contributed by atoms with van der Waals surface area (Å²) in [4.78, 5) is 29.6. The average molecular weight is 357 g/mol. The lowest BCUT2D eigenvalue weighted by Gasteiger charge is -2.33. The highest BCUT2D eigenvalue weighted by Gasteiger charge is 2.30. The number of benzene rings is 1. The number of rotatable bonds is 5. The van der Waals surface area contributed by atoms with Crippen LogP contribution in [0.3, 0.4) is 0 Å². The average Bonchev–Trinajstić information content (AvgIpc) is 3.17. The fourth-order valence-corrected chi connectivity index (χ4v) is 3.56. The molecule has 1 fully saturated rings. The molecule has 1 aromatic carbocycles. The molecular weight excluding hydrogens is 334 g/mol. The van der Waals surface area contributed by atoms with E-state index >= 15 is 0 Å². The number of H-pyrrole nitrogens is 1. The highest BCUT2D eigenvalue weighted by molar-refractivity contribution is 5.98. The molecule has 1 aliphatic heterocycles. The number of nitrogens with two attached hydrogens (primary N) is 1. The number of para-hydroxylation sites is 1. The molecule has 0 aliphatic carbocycles. The number of amides is 2. The molecule has 138 valence electrons. The Balaban J connectivity index is 1.85. The maximum atomic E-state index is 13.1. The highest BCUT2D eigenvalue weighted by Crippen LogP contribution is 2.34. The first-order valence-electron chi connectivity index (χ1n) is 8.54. The van der Waals surface area contributed by atoms with Crippen molar-refractivity contribution in [3.05, 3.63) is 47.3 Å². The van der Waals surface area contributed by atoms with E-state index in [0.29, 0.717) is 35.7 Å². The number of carbonyl (C=O) groups excluding carboxylic acids is 2. The van der Waals surface area contributed by atoms with Crippen molar-refractivity contribution in [3.63, 3.8) is 0 Å². The summed E-state index contributed by atoms with van der Waals surface area (Å²) >= 11 is 0. The lowest BCUT2D eigenvalue weighted by molar-refractivity contribution is 0.0702. The van der Waals surface area contributed by atoms with Crippen LogP contribution in [-0.2, 0) is 0 Å². The quantitative estimate of drug-likeness (QED) is 0.857. The highest BCUT2D eigenvalue weighted by atomic mass is 16.5. The van der Waals surface area contributed by atoms with Gasteiger partial charge >= 0.3 is 0 Å². The Bertz CT molecular complexity index is 815. The molecule has 1 saturated heterocycles. The van der Waals surface area contributed by atoms with Crippen molar-refractivity contribution in [2.75, 3.05) is 27.3 Å². The molecule has 2 amide bonds. The van der Waals surface area contributed by atoms with Gasteiger partial charge in [0.25, 0.3) is 11.8 Å². The number of hydrogen-bond acceptors (Lipinski definition) is 4. The molecule has 7 heteroatoms. The number of primary amides is 1. The Morgan fingerprint density at radius 2 is 2.00 bits per heavy atom. The van der Waals surface area contributed by atoms with Crippen molar-refractivity contribution in [2.45, 2.75) is 18.8 Å². The van der Waals surface area contributed by atoms with Gasteiger partial charge in [-0.15, -0.1) is 0 Å². The van der Waals surface area contributed by atoms with Crippen molar-refractivity contribution in [2.24, 2.45) is 5.73 Å². The van der Waals surface area contributed by atoms with Gasteiger partial charge in [0.1, 0.15) is 0 Å². The van der Waals surface area contributed by atoms with Crippen molar-refractivity contribution < 1.29 is 19.1 Å². The van der Waals surface area contributed by atoms with Crippen LogP contribution in [0.4, 0.5) is 0 Å². The fraction of sp³-hybridized carbons (Fsp3) is 0.368. The second kappa shape index (κ2) is 7.51. The second-order valence-electron chi connectivity index (χ2n) is 6.30. The van der Waals surface area contributed by atoms with Gasteiger partial charge in [-0.3, -0.25) is 9.59 Å². The molecule has 1 aromatic heterocycles. The van der Waals surface area contributed by atoms with Crippen molar-refractivity contribution in [3.8, 4) is 11.5 Å². The van der Waals surface area contributed by atoms with Crippen molar-refractivity contribution in [1.82, 2.24) is 9.88 Å². The third kappa shape index (κ3) is 3.24. The van der Waals surface area contributed by atoms with E-state index in [9.17, 15) is 9.59 Å². The van der Waals surface area contributed by atoms with Gasteiger partial charge in [0.15, 0.2) is 11.5 Å². The van der Waals surface area contributed by atoms with Crippen molar-refractivity contribution >= 4 is 11.8 Å². The number of aromatic nitrogens is 1. The first-order chi connectivity index (χ1) is 12.6. The van der Waals surface area contributed by atoms with Gasteiger partial charge in [-0.2, -0.15) is 0 Å². The number of nitrogens with zero attached hydrogens (tertiary/aromatic N) is 1. The number of piperidine rings is 1. The number of likely N-dealkylation sites (tertiary alicyclic amines) is 1. The zero-order chi connectivity index (χ0) is 18.7. The van der Waals surface area contributed by atoms with Gasteiger partial charge in [-0.05, 0) is 31.0 Å². The van der Waals surface area contributed by atoms with E-state index in [-0.39, 0.29) is 11.8 Å². The molecule has 1 atom stereocenters. The number of hydrogen-bond donors (Lipinski definition) is 2. The zero-order valence-electron chi connectivity index (χ0n) is 15.0. The molecule has 0 radical (unpaired) electrons. The van der Waals surface area contributed by atoms with Crippen molar-refractivity contribution in [1.29, 1.82) is 0 Å². The maximum Gasteiger partial charge on any atom is 0.257 e. The number of nitrogens with one attached hydrogen (secondary N) is 1. The van der Waals surface area contributed by atoms with Crippen LogP contribution in [-0.4, -0.2) is 49.0 Å². The van der Waals surface area contributed by atoms with Crippen LogP contribution in [0.15, 0.2) is 30.5 Å². The lowest BCUT2D eigenvalue weighted by atomic mass is 9.92. The minimum atomic E-state index is -0.459. The van der Waals surface area contributed by atoms with Crippen LogP contribution in [0.2, 0.25) is 0 Å². The monoisotopic (exact) mass is 357 g/mol. The van der Waals surface area contributed by atoms with E-state index in [1.807, 2.05) is 0 Å². The molecule has 0 spiro atoms. The Morgan fingerprint density at radius 1 is 1.19 bits per heavy atom. The standard InChI is InChI=1S/C19H23N3O4/c1-25-15-7-3-6-14(17(15)26-2)19(24)22-10-4-5-12(11-22)16-13(18(20)23)8-9-21-16/h3,6-9,12,21H,4-5,10-11H2,1-2H3,(H2,20,23). The smallest absolute Gasteiger partial charge is 0.257 e. The molecule has 26 heavy (non-hydrogen) atoms. The molecule has 7 nitrogen and oxygen atoms in total. The van der Waals surface area contributed by atoms with Gasteiger partial charge in [0, 0.05) is 30.9 Å². The van der Waals surface area contributed by atoms with E-state index in [1.54, 1.807) is 42.5 Å². The van der Waals surface area contributed by atoms with Gasteiger partial charge in [0.05, 0.1) is 25.3 Å². The van der Waals surface area contributed by atoms with Gasteiger partial charge in [-0.25, -0.2) is 0 Å². The minimum absolute atomic E-state index is 0.0433. The summed E-state index contributed by atoms with van der Waals surface area (Å²) in [6.45, 7) is 1.17. The van der Waals surface area contributed by atoms with E-state index in [1.165, 1.54) is 7.11 Å². The molecule has 0 saturated carbocycles. The molecule has 3 N–H and O–H groups in total. The summed E-state index contributed by atoms with van der Waals surface area (Å²) in [6.07, 6.45) is 3.45. The normalized spacial score (nSPS) is 17.0. The summed E-state index contributed by atoms with van der Waals surface area (Å²) in [6, 6.07) is 6.94. The van der Waals surface area contributed by atoms with E-state index in [2.05, 4.69) is 4.98 Å². The van der Waals surface area contributed by atoms with E-state index in [4.69, 9.17) is 15.2 Å². The summed E-state index contributed by atoms with van der Waals surface area (Å²) in [5, 5.41) is 0. The van der Waals surface area contributed by atoms with Crippen LogP contribution >= 0.6 is 0 Å². The largest absolute Gasteiger partial charge is 0.493 e. The summed E-state index contributed by atoms with van der Waals surface area (Å²) in [7, 11) is 3.06. The van der Waals surface area contributed by atoms with Gasteiger partial charge in [0.2, 0.25) is 0 Å².